The first kappa shape index (κ1) is 27.6. The predicted octanol–water partition coefficient (Wildman–Crippen LogP) is 6.53. The van der Waals surface area contributed by atoms with E-state index in [1.807, 2.05) is 48.7 Å². The zero-order valence-electron chi connectivity index (χ0n) is 21.5. The molecule has 40 heavy (non-hydrogen) atoms. The average Bonchev–Trinajstić information content (AvgIpc) is 3.48. The molecule has 0 spiro atoms. The SMILES string of the molecule is COC(=O)c1ccc(N(c2c(Br)sc(C(=O)Nc3ccc4c(ccn4Cc4ccccc4)c3)c2C)[SH](=O)=O)cc1. The van der Waals surface area contributed by atoms with E-state index in [1.165, 1.54) is 36.9 Å². The van der Waals surface area contributed by atoms with Crippen molar-refractivity contribution >= 4 is 78.0 Å². The number of hydrogen-bond acceptors (Lipinski definition) is 6. The lowest BCUT2D eigenvalue weighted by atomic mass is 10.2. The minimum atomic E-state index is -3.11. The summed E-state index contributed by atoms with van der Waals surface area (Å²) in [5.41, 5.74) is 4.33. The molecule has 0 unspecified atom stereocenters. The van der Waals surface area contributed by atoms with Crippen LogP contribution in [0.3, 0.4) is 0 Å². The van der Waals surface area contributed by atoms with E-state index in [2.05, 4.69) is 37.9 Å². The number of nitrogens with one attached hydrogen (secondary N) is 1. The number of aromatic nitrogens is 1. The minimum absolute atomic E-state index is 0.292. The molecule has 2 aromatic heterocycles. The van der Waals surface area contributed by atoms with Gasteiger partial charge in [-0.2, -0.15) is 0 Å². The van der Waals surface area contributed by atoms with Crippen molar-refractivity contribution in [3.8, 4) is 0 Å². The summed E-state index contributed by atoms with van der Waals surface area (Å²) in [4.78, 5) is 25.5. The molecule has 8 nitrogen and oxygen atoms in total. The molecule has 0 bridgehead atoms. The van der Waals surface area contributed by atoms with Gasteiger partial charge in [-0.25, -0.2) is 17.5 Å². The first-order valence-corrected chi connectivity index (χ1v) is 14.9. The van der Waals surface area contributed by atoms with E-state index >= 15 is 0 Å². The zero-order chi connectivity index (χ0) is 28.4. The van der Waals surface area contributed by atoms with Crippen molar-refractivity contribution in [2.75, 3.05) is 16.7 Å². The van der Waals surface area contributed by atoms with Crippen molar-refractivity contribution in [3.05, 3.63) is 110 Å². The van der Waals surface area contributed by atoms with Crippen molar-refractivity contribution < 1.29 is 22.7 Å². The highest BCUT2D eigenvalue weighted by atomic mass is 79.9. The number of carbonyl (C=O) groups is 2. The van der Waals surface area contributed by atoms with Gasteiger partial charge in [-0.3, -0.25) is 4.79 Å². The molecular weight excluding hydrogens is 614 g/mol. The molecule has 1 N–H and O–H groups in total. The number of methoxy groups -OCH3 is 1. The highest BCUT2D eigenvalue weighted by Gasteiger charge is 2.26. The van der Waals surface area contributed by atoms with Gasteiger partial charge in [0.1, 0.15) is 0 Å². The van der Waals surface area contributed by atoms with Crippen LogP contribution in [-0.2, 0) is 22.2 Å². The standard InChI is InChI=1S/C29H24BrN3O5S2/c1-18-25(33(40(36)37)23-11-8-20(9-12-23)29(35)38-2)27(30)39-26(18)28(34)31-22-10-13-24-21(16-22)14-15-32(24)17-19-6-4-3-5-7-19/h3-16,40H,17H2,1-2H3,(H,31,34). The number of hydrogen-bond donors (Lipinski definition) is 2. The third-order valence-corrected chi connectivity index (χ3v) is 9.10. The van der Waals surface area contributed by atoms with Crippen LogP contribution < -0.4 is 9.62 Å². The second kappa shape index (κ2) is 11.7. The molecule has 0 saturated heterocycles. The maximum atomic E-state index is 13.3. The van der Waals surface area contributed by atoms with Crippen LogP contribution in [0.5, 0.6) is 0 Å². The highest BCUT2D eigenvalue weighted by molar-refractivity contribution is 9.11. The van der Waals surface area contributed by atoms with Gasteiger partial charge < -0.3 is 14.6 Å². The fraction of sp³-hybridized carbons (Fsp3) is 0.103. The summed E-state index contributed by atoms with van der Waals surface area (Å²) < 4.78 is 33.2. The Bertz CT molecular complexity index is 1790. The number of benzene rings is 3. The van der Waals surface area contributed by atoms with Gasteiger partial charge in [-0.1, -0.05) is 30.3 Å². The van der Waals surface area contributed by atoms with E-state index in [9.17, 15) is 18.0 Å². The Morgan fingerprint density at radius 2 is 1.75 bits per heavy atom. The average molecular weight is 639 g/mol. The number of anilines is 3. The quantitative estimate of drug-likeness (QED) is 0.149. The summed E-state index contributed by atoms with van der Waals surface area (Å²) in [5.74, 6) is -0.873. The van der Waals surface area contributed by atoms with E-state index in [4.69, 9.17) is 4.74 Å². The number of thiophene rings is 1. The van der Waals surface area contributed by atoms with Crippen molar-refractivity contribution in [2.24, 2.45) is 0 Å². The number of rotatable bonds is 8. The lowest BCUT2D eigenvalue weighted by molar-refractivity contribution is 0.0600. The summed E-state index contributed by atoms with van der Waals surface area (Å²) in [5, 5.41) is 3.93. The predicted molar refractivity (Wildman–Crippen MR) is 162 cm³/mol. The number of thiol groups is 1. The molecule has 0 saturated carbocycles. The molecular formula is C29H24BrN3O5S2. The van der Waals surface area contributed by atoms with Crippen molar-refractivity contribution in [2.45, 2.75) is 13.5 Å². The van der Waals surface area contributed by atoms with Gasteiger partial charge in [0.25, 0.3) is 5.91 Å². The topological polar surface area (TPSA) is 97.7 Å². The third-order valence-electron chi connectivity index (χ3n) is 6.41. The molecule has 0 aliphatic heterocycles. The van der Waals surface area contributed by atoms with Gasteiger partial charge >= 0.3 is 5.97 Å². The van der Waals surface area contributed by atoms with Crippen LogP contribution in [0.1, 0.15) is 31.2 Å². The molecule has 0 fully saturated rings. The van der Waals surface area contributed by atoms with Gasteiger partial charge in [-0.15, -0.1) is 11.3 Å². The molecule has 0 aliphatic rings. The molecule has 3 aromatic carbocycles. The first-order valence-electron chi connectivity index (χ1n) is 12.1. The fourth-order valence-corrected chi connectivity index (χ4v) is 7.29. The van der Waals surface area contributed by atoms with Crippen molar-refractivity contribution in [3.63, 3.8) is 0 Å². The molecule has 2 heterocycles. The second-order valence-corrected chi connectivity index (χ2v) is 12.1. The highest BCUT2D eigenvalue weighted by Crippen LogP contribution is 2.43. The Kier molecular flexibility index (Phi) is 8.06. The molecule has 1 amide bonds. The molecule has 5 rings (SSSR count). The Balaban J connectivity index is 1.39. The number of nitrogens with zero attached hydrogens (tertiary/aromatic N) is 2. The summed E-state index contributed by atoms with van der Waals surface area (Å²) in [7, 11) is -1.83. The maximum Gasteiger partial charge on any atom is 0.337 e. The number of carbonyl (C=O) groups excluding carboxylic acids is 2. The number of halogens is 1. The Hall–Kier alpha value is -3.93. The molecule has 11 heteroatoms. The Labute approximate surface area is 245 Å². The maximum absolute atomic E-state index is 13.3. The molecule has 204 valence electrons. The van der Waals surface area contributed by atoms with Crippen LogP contribution in [0, 0.1) is 6.92 Å². The first-order chi connectivity index (χ1) is 19.3. The normalized spacial score (nSPS) is 11.1. The molecule has 0 aliphatic carbocycles. The van der Waals surface area contributed by atoms with E-state index < -0.39 is 16.9 Å². The van der Waals surface area contributed by atoms with Crippen LogP contribution in [0.15, 0.2) is 88.8 Å². The zero-order valence-corrected chi connectivity index (χ0v) is 24.8. The van der Waals surface area contributed by atoms with Crippen LogP contribution in [0.4, 0.5) is 17.1 Å². The van der Waals surface area contributed by atoms with E-state index in [1.54, 1.807) is 6.92 Å². The van der Waals surface area contributed by atoms with Gasteiger partial charge in [-0.05, 0) is 82.5 Å². The van der Waals surface area contributed by atoms with E-state index in [-0.39, 0.29) is 5.91 Å². The number of amides is 1. The molecule has 0 atom stereocenters. The van der Waals surface area contributed by atoms with Gasteiger partial charge in [0, 0.05) is 29.3 Å². The number of fused-ring (bicyclic) bond motifs is 1. The van der Waals surface area contributed by atoms with Gasteiger partial charge in [0.15, 0.2) is 0 Å². The smallest absolute Gasteiger partial charge is 0.337 e. The van der Waals surface area contributed by atoms with E-state index in [0.29, 0.717) is 36.9 Å². The number of ether oxygens (including phenoxy) is 1. The van der Waals surface area contributed by atoms with Gasteiger partial charge in [0.2, 0.25) is 10.9 Å². The Morgan fingerprint density at radius 1 is 1.02 bits per heavy atom. The van der Waals surface area contributed by atoms with Crippen molar-refractivity contribution in [1.29, 1.82) is 0 Å². The van der Waals surface area contributed by atoms with E-state index in [0.717, 1.165) is 33.1 Å². The monoisotopic (exact) mass is 637 g/mol. The summed E-state index contributed by atoms with van der Waals surface area (Å²) in [6.07, 6.45) is 2.02. The van der Waals surface area contributed by atoms with Crippen molar-refractivity contribution in [1.82, 2.24) is 4.57 Å². The minimum Gasteiger partial charge on any atom is -0.465 e. The molecule has 5 aromatic rings. The van der Waals surface area contributed by atoms with Crippen LogP contribution in [0.25, 0.3) is 10.9 Å². The lowest BCUT2D eigenvalue weighted by Gasteiger charge is -2.19. The van der Waals surface area contributed by atoms with Crippen LogP contribution in [0.2, 0.25) is 0 Å². The second-order valence-electron chi connectivity index (χ2n) is 8.92. The largest absolute Gasteiger partial charge is 0.465 e. The summed E-state index contributed by atoms with van der Waals surface area (Å²) in [6.45, 7) is 2.44. The lowest BCUT2D eigenvalue weighted by Crippen LogP contribution is -2.16. The summed E-state index contributed by atoms with van der Waals surface area (Å²) in [6, 6.07) is 23.9. The third kappa shape index (κ3) is 5.53. The van der Waals surface area contributed by atoms with Gasteiger partial charge in [0.05, 0.1) is 32.7 Å². The molecule has 0 radical (unpaired) electrons. The van der Waals surface area contributed by atoms with Crippen LogP contribution in [-0.4, -0.2) is 32.0 Å². The Morgan fingerprint density at radius 3 is 2.42 bits per heavy atom. The fourth-order valence-electron chi connectivity index (χ4n) is 4.47. The summed E-state index contributed by atoms with van der Waals surface area (Å²) >= 11 is 4.60. The number of esters is 1. The van der Waals surface area contributed by atoms with Crippen LogP contribution >= 0.6 is 27.3 Å².